The van der Waals surface area contributed by atoms with Crippen LogP contribution < -0.4 is 15.0 Å². The van der Waals surface area contributed by atoms with Gasteiger partial charge in [0, 0.05) is 38.5 Å². The molecule has 1 unspecified atom stereocenters. The number of amides is 2. The second-order valence-corrected chi connectivity index (χ2v) is 7.16. The van der Waals surface area contributed by atoms with Crippen LogP contribution in [-0.4, -0.2) is 61.0 Å². The number of nitrogens with one attached hydrogen (secondary N) is 1. The largest absolute Gasteiger partial charge is 0.497 e. The fourth-order valence-electron chi connectivity index (χ4n) is 3.30. The maximum Gasteiger partial charge on any atom is 0.244 e. The lowest BCUT2D eigenvalue weighted by Gasteiger charge is -2.36. The molecule has 1 aliphatic heterocycles. The molecule has 0 radical (unpaired) electrons. The first-order chi connectivity index (χ1) is 15.0. The van der Waals surface area contributed by atoms with Crippen LogP contribution in [0.15, 0.2) is 48.7 Å². The summed E-state index contributed by atoms with van der Waals surface area (Å²) in [6.45, 7) is 3.97. The Labute approximate surface area is 181 Å². The summed E-state index contributed by atoms with van der Waals surface area (Å²) in [4.78, 5) is 33.0. The molecule has 1 N–H and O–H groups in total. The lowest BCUT2D eigenvalue weighted by molar-refractivity contribution is -0.135. The maximum absolute atomic E-state index is 12.7. The molecule has 0 saturated carbocycles. The Hall–Kier alpha value is -3.86. The lowest BCUT2D eigenvalue weighted by atomic mass is 10.2. The van der Waals surface area contributed by atoms with Crippen LogP contribution >= 0.6 is 0 Å². The first kappa shape index (κ1) is 21.8. The molecule has 1 atom stereocenters. The van der Waals surface area contributed by atoms with Gasteiger partial charge >= 0.3 is 0 Å². The summed E-state index contributed by atoms with van der Waals surface area (Å²) in [6.07, 6.45) is 4.72. The van der Waals surface area contributed by atoms with E-state index in [2.05, 4.69) is 16.4 Å². The van der Waals surface area contributed by atoms with Gasteiger partial charge in [0.15, 0.2) is 0 Å². The smallest absolute Gasteiger partial charge is 0.244 e. The SMILES string of the molecule is COc1ccc(/C=C/C(=O)NC(C)C(=O)N2CCN(c3cc(C#N)ccn3)CC2)cc1. The van der Waals surface area contributed by atoms with Gasteiger partial charge in [0.2, 0.25) is 11.8 Å². The minimum atomic E-state index is -0.625. The van der Waals surface area contributed by atoms with Crippen LogP contribution in [0.25, 0.3) is 6.08 Å². The number of nitrogens with zero attached hydrogens (tertiary/aromatic N) is 4. The highest BCUT2D eigenvalue weighted by Crippen LogP contribution is 2.15. The van der Waals surface area contributed by atoms with Crippen molar-refractivity contribution in [1.82, 2.24) is 15.2 Å². The average molecular weight is 419 g/mol. The molecular formula is C23H25N5O3. The predicted octanol–water partition coefficient (Wildman–Crippen LogP) is 1.83. The van der Waals surface area contributed by atoms with E-state index in [0.717, 1.165) is 17.1 Å². The van der Waals surface area contributed by atoms with E-state index < -0.39 is 6.04 Å². The molecule has 31 heavy (non-hydrogen) atoms. The third kappa shape index (κ3) is 5.82. The molecule has 1 aliphatic rings. The number of hydrogen-bond donors (Lipinski definition) is 1. The van der Waals surface area contributed by atoms with Crippen LogP contribution in [0, 0.1) is 11.3 Å². The van der Waals surface area contributed by atoms with Crippen LogP contribution in [0.5, 0.6) is 5.75 Å². The minimum absolute atomic E-state index is 0.121. The van der Waals surface area contributed by atoms with Gasteiger partial charge in [-0.3, -0.25) is 9.59 Å². The highest BCUT2D eigenvalue weighted by molar-refractivity contribution is 5.95. The van der Waals surface area contributed by atoms with E-state index in [1.165, 1.54) is 6.08 Å². The van der Waals surface area contributed by atoms with Crippen LogP contribution in [0.4, 0.5) is 5.82 Å². The molecule has 2 heterocycles. The fourth-order valence-corrected chi connectivity index (χ4v) is 3.30. The Kier molecular flexibility index (Phi) is 7.22. The highest BCUT2D eigenvalue weighted by Gasteiger charge is 2.26. The van der Waals surface area contributed by atoms with Crippen LogP contribution in [-0.2, 0) is 9.59 Å². The lowest BCUT2D eigenvalue weighted by Crippen LogP contribution is -2.54. The quantitative estimate of drug-likeness (QED) is 0.718. The molecule has 2 aromatic rings. The number of piperazine rings is 1. The molecule has 1 saturated heterocycles. The Morgan fingerprint density at radius 1 is 1.19 bits per heavy atom. The van der Waals surface area contributed by atoms with Gasteiger partial charge in [-0.15, -0.1) is 0 Å². The molecular weight excluding hydrogens is 394 g/mol. The number of carbonyl (C=O) groups is 2. The zero-order valence-corrected chi connectivity index (χ0v) is 17.6. The van der Waals surface area contributed by atoms with Gasteiger partial charge in [0.05, 0.1) is 18.7 Å². The number of carbonyl (C=O) groups excluding carboxylic acids is 2. The number of rotatable bonds is 6. The molecule has 0 aliphatic carbocycles. The summed E-state index contributed by atoms with van der Waals surface area (Å²) in [5.41, 5.74) is 1.42. The molecule has 2 amide bonds. The van der Waals surface area contributed by atoms with Gasteiger partial charge in [0.25, 0.3) is 0 Å². The standard InChI is InChI=1S/C23H25N5O3/c1-17(26-22(29)8-5-18-3-6-20(31-2)7-4-18)23(30)28-13-11-27(12-14-28)21-15-19(16-24)9-10-25-21/h3-10,15,17H,11-14H2,1-2H3,(H,26,29)/b8-5+. The molecule has 8 nitrogen and oxygen atoms in total. The van der Waals surface area contributed by atoms with Gasteiger partial charge in [-0.1, -0.05) is 12.1 Å². The van der Waals surface area contributed by atoms with Crippen molar-refractivity contribution >= 4 is 23.7 Å². The summed E-state index contributed by atoms with van der Waals surface area (Å²) < 4.78 is 5.11. The third-order valence-corrected chi connectivity index (χ3v) is 5.06. The van der Waals surface area contributed by atoms with E-state index in [0.29, 0.717) is 31.7 Å². The molecule has 8 heteroatoms. The van der Waals surface area contributed by atoms with Gasteiger partial charge < -0.3 is 19.9 Å². The Morgan fingerprint density at radius 2 is 1.90 bits per heavy atom. The number of hydrogen-bond acceptors (Lipinski definition) is 6. The summed E-state index contributed by atoms with van der Waals surface area (Å²) in [5.74, 6) is 1.03. The van der Waals surface area contributed by atoms with Gasteiger partial charge in [0.1, 0.15) is 17.6 Å². The molecule has 1 aromatic heterocycles. The number of aromatic nitrogens is 1. The van der Waals surface area contributed by atoms with E-state index in [4.69, 9.17) is 10.00 Å². The van der Waals surface area contributed by atoms with E-state index in [1.807, 2.05) is 29.2 Å². The number of methoxy groups -OCH3 is 1. The monoisotopic (exact) mass is 419 g/mol. The molecule has 160 valence electrons. The second kappa shape index (κ2) is 10.3. The van der Waals surface area contributed by atoms with Crippen LogP contribution in [0.3, 0.4) is 0 Å². The summed E-state index contributed by atoms with van der Waals surface area (Å²) in [6, 6.07) is 12.2. The van der Waals surface area contributed by atoms with Crippen LogP contribution in [0.2, 0.25) is 0 Å². The molecule has 1 aromatic carbocycles. The summed E-state index contributed by atoms with van der Waals surface area (Å²) in [7, 11) is 1.60. The Morgan fingerprint density at radius 3 is 2.55 bits per heavy atom. The van der Waals surface area contributed by atoms with Crippen molar-refractivity contribution in [1.29, 1.82) is 5.26 Å². The van der Waals surface area contributed by atoms with Crippen LogP contribution in [0.1, 0.15) is 18.1 Å². The maximum atomic E-state index is 12.7. The van der Waals surface area contributed by atoms with Crippen molar-refractivity contribution in [2.75, 3.05) is 38.2 Å². The van der Waals surface area contributed by atoms with Gasteiger partial charge in [-0.05, 0) is 42.8 Å². The van der Waals surface area contributed by atoms with Gasteiger partial charge in [-0.2, -0.15) is 5.26 Å². The average Bonchev–Trinajstić information content (AvgIpc) is 2.82. The van der Waals surface area contributed by atoms with E-state index in [-0.39, 0.29) is 11.8 Å². The Bertz CT molecular complexity index is 989. The van der Waals surface area contributed by atoms with Crippen molar-refractivity contribution in [3.05, 3.63) is 59.8 Å². The normalized spacial score (nSPS) is 14.7. The van der Waals surface area contributed by atoms with E-state index >= 15 is 0 Å². The molecule has 0 bridgehead atoms. The number of benzene rings is 1. The van der Waals surface area contributed by atoms with E-state index in [9.17, 15) is 9.59 Å². The van der Waals surface area contributed by atoms with Crippen molar-refractivity contribution in [3.8, 4) is 11.8 Å². The van der Waals surface area contributed by atoms with Crippen molar-refractivity contribution < 1.29 is 14.3 Å². The third-order valence-electron chi connectivity index (χ3n) is 5.06. The van der Waals surface area contributed by atoms with E-state index in [1.54, 1.807) is 43.3 Å². The predicted molar refractivity (Wildman–Crippen MR) is 117 cm³/mol. The number of anilines is 1. The van der Waals surface area contributed by atoms with Gasteiger partial charge in [-0.25, -0.2) is 4.98 Å². The Balaban J connectivity index is 1.49. The molecule has 3 rings (SSSR count). The number of nitriles is 1. The summed E-state index contributed by atoms with van der Waals surface area (Å²) in [5, 5.41) is 11.8. The molecule has 1 fully saturated rings. The van der Waals surface area contributed by atoms with Crippen molar-refractivity contribution in [3.63, 3.8) is 0 Å². The number of ether oxygens (including phenoxy) is 1. The van der Waals surface area contributed by atoms with Crippen molar-refractivity contribution in [2.45, 2.75) is 13.0 Å². The van der Waals surface area contributed by atoms with Crippen molar-refractivity contribution in [2.24, 2.45) is 0 Å². The zero-order chi connectivity index (χ0) is 22.2. The fraction of sp³-hybridized carbons (Fsp3) is 0.304. The second-order valence-electron chi connectivity index (χ2n) is 7.16. The zero-order valence-electron chi connectivity index (χ0n) is 17.6. The number of pyridine rings is 1. The summed E-state index contributed by atoms with van der Waals surface area (Å²) >= 11 is 0. The topological polar surface area (TPSA) is 98.6 Å². The first-order valence-corrected chi connectivity index (χ1v) is 10.0. The molecule has 0 spiro atoms. The first-order valence-electron chi connectivity index (χ1n) is 10.0. The minimum Gasteiger partial charge on any atom is -0.497 e. The highest BCUT2D eigenvalue weighted by atomic mass is 16.5.